The Hall–Kier alpha value is -2.73. The Morgan fingerprint density at radius 2 is 1.94 bits per heavy atom. The highest BCUT2D eigenvalue weighted by Gasteiger charge is 2.18. The van der Waals surface area contributed by atoms with Gasteiger partial charge >= 0.3 is 0 Å². The van der Waals surface area contributed by atoms with Gasteiger partial charge in [-0.3, -0.25) is 9.69 Å². The molecule has 1 atom stereocenters. The fourth-order valence-corrected chi connectivity index (χ4v) is 4.34. The van der Waals surface area contributed by atoms with E-state index < -0.39 is 0 Å². The number of pyridine rings is 1. The molecule has 0 bridgehead atoms. The minimum atomic E-state index is -0.101. The molecular formula is C25H33N5O. The number of carbonyl (C=O) groups is 1. The fraction of sp³-hybridized carbons (Fsp3) is 0.480. The predicted molar refractivity (Wildman–Crippen MR) is 124 cm³/mol. The average Bonchev–Trinajstić information content (AvgIpc) is 3.17. The normalized spacial score (nSPS) is 17.4. The molecule has 1 aromatic carbocycles. The number of nitrogens with zero attached hydrogens (tertiary/aromatic N) is 4. The van der Waals surface area contributed by atoms with E-state index >= 15 is 0 Å². The Morgan fingerprint density at radius 3 is 2.65 bits per heavy atom. The molecule has 164 valence electrons. The topological polar surface area (TPSA) is 63.1 Å². The van der Waals surface area contributed by atoms with Gasteiger partial charge in [0.15, 0.2) is 5.65 Å². The largest absolute Gasteiger partial charge is 0.348 e. The zero-order chi connectivity index (χ0) is 22.0. The van der Waals surface area contributed by atoms with Crippen LogP contribution in [0.3, 0.4) is 0 Å². The Labute approximate surface area is 184 Å². The van der Waals surface area contributed by atoms with E-state index in [0.29, 0.717) is 18.2 Å². The van der Waals surface area contributed by atoms with Crippen LogP contribution in [0.25, 0.3) is 11.0 Å². The number of hydrogen-bond acceptors (Lipinski definition) is 4. The summed E-state index contributed by atoms with van der Waals surface area (Å²) in [6.45, 7) is 11.0. The predicted octanol–water partition coefficient (Wildman–Crippen LogP) is 4.63. The third kappa shape index (κ3) is 4.79. The van der Waals surface area contributed by atoms with Crippen LogP contribution in [0.15, 0.2) is 36.5 Å². The maximum Gasteiger partial charge on any atom is 0.253 e. The second-order valence-corrected chi connectivity index (χ2v) is 9.03. The van der Waals surface area contributed by atoms with E-state index in [2.05, 4.69) is 65.3 Å². The van der Waals surface area contributed by atoms with Crippen LogP contribution in [0.5, 0.6) is 0 Å². The number of fused-ring (bicyclic) bond motifs is 1. The van der Waals surface area contributed by atoms with Gasteiger partial charge in [0.05, 0.1) is 17.5 Å². The molecule has 6 nitrogen and oxygen atoms in total. The van der Waals surface area contributed by atoms with Crippen LogP contribution < -0.4 is 5.32 Å². The zero-order valence-corrected chi connectivity index (χ0v) is 19.1. The molecule has 0 aliphatic carbocycles. The number of nitrogens with one attached hydrogen (secondary N) is 1. The number of aromatic nitrogens is 3. The van der Waals surface area contributed by atoms with Gasteiger partial charge < -0.3 is 5.32 Å². The van der Waals surface area contributed by atoms with Gasteiger partial charge in [0.25, 0.3) is 5.91 Å². The molecule has 1 amide bonds. The van der Waals surface area contributed by atoms with E-state index in [9.17, 15) is 4.79 Å². The number of hydrogen-bond donors (Lipinski definition) is 1. The molecule has 1 N–H and O–H groups in total. The molecule has 1 aliphatic heterocycles. The molecule has 3 heterocycles. The van der Waals surface area contributed by atoms with Crippen LogP contribution >= 0.6 is 0 Å². The summed E-state index contributed by atoms with van der Waals surface area (Å²) in [6.07, 6.45) is 5.72. The first-order valence-corrected chi connectivity index (χ1v) is 11.4. The summed E-state index contributed by atoms with van der Waals surface area (Å²) in [6, 6.07) is 11.4. The van der Waals surface area contributed by atoms with E-state index in [-0.39, 0.29) is 11.9 Å². The molecule has 31 heavy (non-hydrogen) atoms. The second-order valence-electron chi connectivity index (χ2n) is 9.03. The lowest BCUT2D eigenvalue weighted by atomic mass is 10.0. The summed E-state index contributed by atoms with van der Waals surface area (Å²) in [5, 5.41) is 8.33. The van der Waals surface area contributed by atoms with Gasteiger partial charge in [0, 0.05) is 30.6 Å². The SMILES string of the molecule is Cc1nc2c(cnn2C(C)C)cc1C(=O)NCc1ccc(CN2CCCCC2C)cc1. The molecule has 1 aliphatic rings. The molecular weight excluding hydrogens is 386 g/mol. The number of amides is 1. The van der Waals surface area contributed by atoms with Crippen molar-refractivity contribution in [2.75, 3.05) is 6.54 Å². The number of likely N-dealkylation sites (tertiary alicyclic amines) is 1. The van der Waals surface area contributed by atoms with Crippen molar-refractivity contribution < 1.29 is 4.79 Å². The summed E-state index contributed by atoms with van der Waals surface area (Å²) in [4.78, 5) is 20.0. The van der Waals surface area contributed by atoms with Crippen LogP contribution in [-0.4, -0.2) is 38.2 Å². The Kier molecular flexibility index (Phi) is 6.37. The van der Waals surface area contributed by atoms with Crippen molar-refractivity contribution in [3.05, 3.63) is 58.9 Å². The number of benzene rings is 1. The Balaban J connectivity index is 1.39. The molecule has 0 radical (unpaired) electrons. The third-order valence-corrected chi connectivity index (χ3v) is 6.30. The minimum Gasteiger partial charge on any atom is -0.348 e. The van der Waals surface area contributed by atoms with Gasteiger partial charge in [-0.1, -0.05) is 30.7 Å². The van der Waals surface area contributed by atoms with E-state index in [1.807, 2.05) is 17.7 Å². The average molecular weight is 420 g/mol. The molecule has 1 saturated heterocycles. The van der Waals surface area contributed by atoms with Gasteiger partial charge in [0.1, 0.15) is 0 Å². The summed E-state index contributed by atoms with van der Waals surface area (Å²) >= 11 is 0. The molecule has 4 rings (SSSR count). The van der Waals surface area contributed by atoms with Gasteiger partial charge in [-0.2, -0.15) is 5.10 Å². The smallest absolute Gasteiger partial charge is 0.253 e. The zero-order valence-electron chi connectivity index (χ0n) is 19.1. The van der Waals surface area contributed by atoms with E-state index in [1.165, 1.54) is 31.4 Å². The molecule has 1 unspecified atom stereocenters. The highest BCUT2D eigenvalue weighted by atomic mass is 16.1. The van der Waals surface area contributed by atoms with Crippen molar-refractivity contribution in [1.82, 2.24) is 25.0 Å². The summed E-state index contributed by atoms with van der Waals surface area (Å²) in [5.41, 5.74) is 4.58. The van der Waals surface area contributed by atoms with Crippen LogP contribution in [0.4, 0.5) is 0 Å². The maximum atomic E-state index is 12.8. The van der Waals surface area contributed by atoms with Crippen LogP contribution in [0, 0.1) is 6.92 Å². The van der Waals surface area contributed by atoms with Gasteiger partial charge in [-0.05, 0) is 64.3 Å². The van der Waals surface area contributed by atoms with Crippen molar-refractivity contribution in [1.29, 1.82) is 0 Å². The van der Waals surface area contributed by atoms with Crippen LogP contribution in [-0.2, 0) is 13.1 Å². The van der Waals surface area contributed by atoms with Crippen molar-refractivity contribution >= 4 is 16.9 Å². The highest BCUT2D eigenvalue weighted by molar-refractivity contribution is 5.98. The lowest BCUT2D eigenvalue weighted by Gasteiger charge is -2.33. The van der Waals surface area contributed by atoms with Crippen LogP contribution in [0.2, 0.25) is 0 Å². The van der Waals surface area contributed by atoms with Crippen molar-refractivity contribution in [3.63, 3.8) is 0 Å². The molecule has 2 aromatic heterocycles. The second kappa shape index (κ2) is 9.18. The van der Waals surface area contributed by atoms with Crippen molar-refractivity contribution in [2.24, 2.45) is 0 Å². The first-order chi connectivity index (χ1) is 14.9. The van der Waals surface area contributed by atoms with E-state index in [4.69, 9.17) is 0 Å². The Bertz CT molecular complexity index is 1050. The number of aryl methyl sites for hydroxylation is 1. The molecule has 0 spiro atoms. The maximum absolute atomic E-state index is 12.8. The van der Waals surface area contributed by atoms with Crippen molar-refractivity contribution in [3.8, 4) is 0 Å². The lowest BCUT2D eigenvalue weighted by molar-refractivity contribution is 0.0950. The van der Waals surface area contributed by atoms with E-state index in [1.54, 1.807) is 6.20 Å². The van der Waals surface area contributed by atoms with Gasteiger partial charge in [-0.15, -0.1) is 0 Å². The first kappa shape index (κ1) is 21.5. The fourth-order valence-electron chi connectivity index (χ4n) is 4.34. The Morgan fingerprint density at radius 1 is 1.19 bits per heavy atom. The first-order valence-electron chi connectivity index (χ1n) is 11.4. The molecule has 6 heteroatoms. The molecule has 3 aromatic rings. The van der Waals surface area contributed by atoms with Crippen molar-refractivity contribution in [2.45, 2.75) is 72.1 Å². The van der Waals surface area contributed by atoms with Gasteiger partial charge in [-0.25, -0.2) is 9.67 Å². The lowest BCUT2D eigenvalue weighted by Crippen LogP contribution is -2.36. The highest BCUT2D eigenvalue weighted by Crippen LogP contribution is 2.21. The molecule has 1 fully saturated rings. The number of carbonyl (C=O) groups excluding carboxylic acids is 1. The monoisotopic (exact) mass is 419 g/mol. The number of rotatable bonds is 6. The summed E-state index contributed by atoms with van der Waals surface area (Å²) < 4.78 is 1.89. The minimum absolute atomic E-state index is 0.101. The summed E-state index contributed by atoms with van der Waals surface area (Å²) in [5.74, 6) is -0.101. The third-order valence-electron chi connectivity index (χ3n) is 6.30. The van der Waals surface area contributed by atoms with E-state index in [0.717, 1.165) is 28.8 Å². The standard InChI is InChI=1S/C25H33N5O/c1-17(2)30-24-22(15-27-30)13-23(19(4)28-24)25(31)26-14-20-8-10-21(11-9-20)16-29-12-6-5-7-18(29)3/h8-11,13,15,17-18H,5-7,12,14,16H2,1-4H3,(H,26,31). The van der Waals surface area contributed by atoms with Crippen LogP contribution in [0.1, 0.15) is 73.3 Å². The quantitative estimate of drug-likeness (QED) is 0.633. The number of piperidine rings is 1. The summed E-state index contributed by atoms with van der Waals surface area (Å²) in [7, 11) is 0. The molecule has 0 saturated carbocycles. The van der Waals surface area contributed by atoms with Gasteiger partial charge in [0.2, 0.25) is 0 Å².